The van der Waals surface area contributed by atoms with Crippen LogP contribution in [-0.2, 0) is 32.8 Å². The van der Waals surface area contributed by atoms with Gasteiger partial charge in [-0.25, -0.2) is 4.31 Å². The van der Waals surface area contributed by atoms with Gasteiger partial charge in [-0.05, 0) is 61.1 Å². The molecule has 0 fully saturated rings. The summed E-state index contributed by atoms with van der Waals surface area (Å²) in [5, 5.41) is 3.02. The van der Waals surface area contributed by atoms with Crippen LogP contribution in [0.2, 0.25) is 0 Å². The Bertz CT molecular complexity index is 1460. The van der Waals surface area contributed by atoms with Crippen LogP contribution in [0.4, 0.5) is 5.69 Å². The maximum Gasteiger partial charge on any atom is 0.304 e. The zero-order chi connectivity index (χ0) is 30.9. The first kappa shape index (κ1) is 32.8. The third-order valence-electron chi connectivity index (χ3n) is 7.35. The molecule has 0 aliphatic rings. The minimum Gasteiger partial charge on any atom is -0.354 e. The van der Waals surface area contributed by atoms with Crippen LogP contribution in [0.5, 0.6) is 0 Å². The molecule has 226 valence electrons. The summed E-state index contributed by atoms with van der Waals surface area (Å²) >= 11 is 0. The van der Waals surface area contributed by atoms with Gasteiger partial charge in [0.1, 0.15) is 12.6 Å². The average molecular weight is 593 g/mol. The predicted octanol–water partition coefficient (Wildman–Crippen LogP) is 4.78. The lowest BCUT2D eigenvalue weighted by Crippen LogP contribution is -2.54. The Morgan fingerprint density at radius 2 is 1.55 bits per heavy atom. The molecule has 2 amide bonds. The number of aryl methyl sites for hydroxylation is 3. The molecule has 3 rings (SSSR count). The fourth-order valence-electron chi connectivity index (χ4n) is 4.72. The summed E-state index contributed by atoms with van der Waals surface area (Å²) in [4.78, 5) is 29.7. The third kappa shape index (κ3) is 8.42. The Kier molecular flexibility index (Phi) is 11.7. The van der Waals surface area contributed by atoms with Crippen molar-refractivity contribution in [1.29, 1.82) is 0 Å². The standard InChI is InChI=1S/C33H44N4O4S/c1-7-8-20-34-33(39)31(22-28-15-10-9-11-16-28)36(23-29-17-13-12-14-26(29)3)32(38)24-37(42(40,41)35(5)6)30-21-25(2)18-19-27(30)4/h9-19,21,31H,7-8,20,22-24H2,1-6H3,(H,34,39)/t31-/m0/s1. The highest BCUT2D eigenvalue weighted by Gasteiger charge is 2.35. The fraction of sp³-hybridized carbons (Fsp3) is 0.394. The molecule has 0 saturated carbocycles. The monoisotopic (exact) mass is 592 g/mol. The van der Waals surface area contributed by atoms with E-state index in [2.05, 4.69) is 12.2 Å². The number of benzene rings is 3. The van der Waals surface area contributed by atoms with Crippen molar-refractivity contribution in [3.8, 4) is 0 Å². The second-order valence-corrected chi connectivity index (χ2v) is 13.0. The van der Waals surface area contributed by atoms with Gasteiger partial charge in [0.2, 0.25) is 11.8 Å². The molecule has 0 radical (unpaired) electrons. The van der Waals surface area contributed by atoms with E-state index >= 15 is 0 Å². The van der Waals surface area contributed by atoms with Crippen LogP contribution in [0.3, 0.4) is 0 Å². The van der Waals surface area contributed by atoms with Crippen molar-refractivity contribution >= 4 is 27.7 Å². The largest absolute Gasteiger partial charge is 0.354 e. The zero-order valence-electron chi connectivity index (χ0n) is 25.6. The number of unbranched alkanes of at least 4 members (excludes halogenated alkanes) is 1. The summed E-state index contributed by atoms with van der Waals surface area (Å²) in [5.74, 6) is -0.723. The number of carbonyl (C=O) groups is 2. The molecule has 0 bridgehead atoms. The maximum atomic E-state index is 14.4. The second-order valence-electron chi connectivity index (χ2n) is 10.9. The van der Waals surface area contributed by atoms with E-state index in [1.54, 1.807) is 11.0 Å². The number of nitrogens with one attached hydrogen (secondary N) is 1. The minimum absolute atomic E-state index is 0.160. The van der Waals surface area contributed by atoms with Gasteiger partial charge in [-0.15, -0.1) is 0 Å². The lowest BCUT2D eigenvalue weighted by molar-refractivity contribution is -0.140. The number of carbonyl (C=O) groups excluding carboxylic acids is 2. The molecule has 0 saturated heterocycles. The van der Waals surface area contributed by atoms with Crippen LogP contribution in [0.1, 0.15) is 47.6 Å². The highest BCUT2D eigenvalue weighted by Crippen LogP contribution is 2.26. The molecule has 0 aliphatic heterocycles. The van der Waals surface area contributed by atoms with Crippen LogP contribution in [0.25, 0.3) is 0 Å². The molecule has 9 heteroatoms. The highest BCUT2D eigenvalue weighted by molar-refractivity contribution is 7.90. The number of nitrogens with zero attached hydrogens (tertiary/aromatic N) is 3. The summed E-state index contributed by atoms with van der Waals surface area (Å²) in [6.45, 7) is 7.92. The Morgan fingerprint density at radius 3 is 2.19 bits per heavy atom. The van der Waals surface area contributed by atoms with Crippen molar-refractivity contribution in [2.45, 2.75) is 59.5 Å². The normalized spacial score (nSPS) is 12.2. The summed E-state index contributed by atoms with van der Waals surface area (Å²) in [7, 11) is -1.15. The van der Waals surface area contributed by atoms with E-state index in [0.29, 0.717) is 18.7 Å². The Hall–Kier alpha value is -3.69. The molecular formula is C33H44N4O4S. The van der Waals surface area contributed by atoms with Crippen molar-refractivity contribution in [2.24, 2.45) is 0 Å². The second kappa shape index (κ2) is 15.0. The minimum atomic E-state index is -4.04. The van der Waals surface area contributed by atoms with Gasteiger partial charge in [0, 0.05) is 33.6 Å². The van der Waals surface area contributed by atoms with E-state index in [4.69, 9.17) is 0 Å². The lowest BCUT2D eigenvalue weighted by atomic mass is 10.0. The molecule has 3 aromatic rings. The van der Waals surface area contributed by atoms with E-state index in [1.165, 1.54) is 14.1 Å². The van der Waals surface area contributed by atoms with Crippen molar-refractivity contribution < 1.29 is 18.0 Å². The SMILES string of the molecule is CCCCNC(=O)[C@H](Cc1ccccc1)N(Cc1ccccc1C)C(=O)CN(c1cc(C)ccc1C)S(=O)(=O)N(C)C. The van der Waals surface area contributed by atoms with Crippen LogP contribution < -0.4 is 9.62 Å². The van der Waals surface area contributed by atoms with Crippen LogP contribution in [0, 0.1) is 20.8 Å². The molecule has 1 atom stereocenters. The zero-order valence-corrected chi connectivity index (χ0v) is 26.4. The molecular weight excluding hydrogens is 548 g/mol. The number of hydrogen-bond donors (Lipinski definition) is 1. The van der Waals surface area contributed by atoms with Crippen molar-refractivity contribution in [3.63, 3.8) is 0 Å². The Balaban J connectivity index is 2.12. The third-order valence-corrected chi connectivity index (χ3v) is 9.16. The van der Waals surface area contributed by atoms with Gasteiger partial charge < -0.3 is 10.2 Å². The molecule has 0 aliphatic carbocycles. The van der Waals surface area contributed by atoms with Crippen LogP contribution in [-0.4, -0.2) is 62.7 Å². The van der Waals surface area contributed by atoms with E-state index in [9.17, 15) is 18.0 Å². The van der Waals surface area contributed by atoms with Crippen LogP contribution >= 0.6 is 0 Å². The van der Waals surface area contributed by atoms with Gasteiger partial charge in [0.25, 0.3) is 0 Å². The molecule has 0 unspecified atom stereocenters. The van der Waals surface area contributed by atoms with E-state index in [-0.39, 0.29) is 12.5 Å². The van der Waals surface area contributed by atoms with Crippen molar-refractivity contribution in [2.75, 3.05) is 31.5 Å². The molecule has 0 aromatic heterocycles. The van der Waals surface area contributed by atoms with E-state index in [0.717, 1.165) is 49.3 Å². The number of anilines is 1. The van der Waals surface area contributed by atoms with Gasteiger partial charge in [0.05, 0.1) is 5.69 Å². The fourth-order valence-corrected chi connectivity index (χ4v) is 5.83. The number of hydrogen-bond acceptors (Lipinski definition) is 4. The van der Waals surface area contributed by atoms with Gasteiger partial charge in [-0.2, -0.15) is 12.7 Å². The van der Waals surface area contributed by atoms with Gasteiger partial charge in [0.15, 0.2) is 0 Å². The summed E-state index contributed by atoms with van der Waals surface area (Å²) in [6.07, 6.45) is 2.03. The average Bonchev–Trinajstić information content (AvgIpc) is 2.96. The number of amides is 2. The quantitative estimate of drug-likeness (QED) is 0.273. The molecule has 0 heterocycles. The van der Waals surface area contributed by atoms with E-state index < -0.39 is 28.7 Å². The first-order chi connectivity index (χ1) is 19.9. The highest BCUT2D eigenvalue weighted by atomic mass is 32.2. The Labute approximate surface area is 251 Å². The summed E-state index contributed by atoms with van der Waals surface area (Å²) < 4.78 is 29.5. The molecule has 8 nitrogen and oxygen atoms in total. The van der Waals surface area contributed by atoms with Gasteiger partial charge >= 0.3 is 10.2 Å². The summed E-state index contributed by atoms with van der Waals surface area (Å²) in [5.41, 5.74) is 4.80. The lowest BCUT2D eigenvalue weighted by Gasteiger charge is -2.35. The molecule has 42 heavy (non-hydrogen) atoms. The first-order valence-corrected chi connectivity index (χ1v) is 15.8. The topological polar surface area (TPSA) is 90.0 Å². The van der Waals surface area contributed by atoms with Crippen LogP contribution in [0.15, 0.2) is 72.8 Å². The van der Waals surface area contributed by atoms with Gasteiger partial charge in [-0.1, -0.05) is 80.1 Å². The molecule has 1 N–H and O–H groups in total. The first-order valence-electron chi connectivity index (χ1n) is 14.4. The molecule has 3 aromatic carbocycles. The van der Waals surface area contributed by atoms with Crippen molar-refractivity contribution in [1.82, 2.24) is 14.5 Å². The van der Waals surface area contributed by atoms with E-state index in [1.807, 2.05) is 87.5 Å². The van der Waals surface area contributed by atoms with Gasteiger partial charge in [-0.3, -0.25) is 9.59 Å². The summed E-state index contributed by atoms with van der Waals surface area (Å²) in [6, 6.07) is 22.0. The molecule has 0 spiro atoms. The predicted molar refractivity (Wildman–Crippen MR) is 169 cm³/mol. The smallest absolute Gasteiger partial charge is 0.304 e. The maximum absolute atomic E-state index is 14.4. The Morgan fingerprint density at radius 1 is 0.881 bits per heavy atom. The number of rotatable bonds is 14. The van der Waals surface area contributed by atoms with Crippen molar-refractivity contribution in [3.05, 3.63) is 101 Å².